The highest BCUT2D eigenvalue weighted by atomic mass is 19.3. The quantitative estimate of drug-likeness (QED) is 0.783. The Labute approximate surface area is 99.8 Å². The lowest BCUT2D eigenvalue weighted by molar-refractivity contribution is -0.128. The molecule has 7 heteroatoms. The molecule has 0 saturated heterocycles. The molecule has 1 nitrogen and oxygen atoms in total. The Morgan fingerprint density at radius 3 is 2.00 bits per heavy atom. The van der Waals surface area contributed by atoms with Gasteiger partial charge in [-0.1, -0.05) is 30.3 Å². The van der Waals surface area contributed by atoms with Crippen LogP contribution in [0, 0.1) is 0 Å². The minimum absolute atomic E-state index is 0.363. The van der Waals surface area contributed by atoms with Crippen molar-refractivity contribution in [1.82, 2.24) is 5.32 Å². The Hall–Kier alpha value is -1.24. The van der Waals surface area contributed by atoms with Gasteiger partial charge in [-0.25, -0.2) is 8.78 Å². The molecule has 0 atom stereocenters. The fraction of sp³-hybridized carbons (Fsp3) is 0.455. The zero-order chi connectivity index (χ0) is 13.8. The van der Waals surface area contributed by atoms with Crippen LogP contribution in [0.25, 0.3) is 0 Å². The zero-order valence-electron chi connectivity index (χ0n) is 9.15. The summed E-state index contributed by atoms with van der Waals surface area (Å²) in [7, 11) is 0. The second kappa shape index (κ2) is 5.60. The first-order valence-electron chi connectivity index (χ1n) is 5.06. The van der Waals surface area contributed by atoms with E-state index in [1.54, 1.807) is 5.32 Å². The van der Waals surface area contributed by atoms with Crippen LogP contribution >= 0.6 is 0 Å². The SMILES string of the molecule is FC(F)C(F)(F)CNCC(F)(F)c1ccccc1. The van der Waals surface area contributed by atoms with Gasteiger partial charge in [0.2, 0.25) is 0 Å². The molecule has 1 rings (SSSR count). The number of halogens is 6. The van der Waals surface area contributed by atoms with Gasteiger partial charge < -0.3 is 5.32 Å². The van der Waals surface area contributed by atoms with Crippen LogP contribution in [0.2, 0.25) is 0 Å². The monoisotopic (exact) mass is 271 g/mol. The molecule has 0 amide bonds. The largest absolute Gasteiger partial charge is 0.319 e. The van der Waals surface area contributed by atoms with E-state index in [0.717, 1.165) is 12.1 Å². The lowest BCUT2D eigenvalue weighted by Crippen LogP contribution is -2.42. The van der Waals surface area contributed by atoms with Crippen molar-refractivity contribution < 1.29 is 26.3 Å². The van der Waals surface area contributed by atoms with Crippen LogP contribution in [0.5, 0.6) is 0 Å². The standard InChI is InChI=1S/C11H11F6N/c12-9(13)11(16,17)7-18-6-10(14,15)8-4-2-1-3-5-8/h1-5,9,18H,6-7H2. The molecular weight excluding hydrogens is 260 g/mol. The fourth-order valence-electron chi connectivity index (χ4n) is 1.25. The molecule has 0 aromatic heterocycles. The number of hydrogen-bond donors (Lipinski definition) is 1. The van der Waals surface area contributed by atoms with Crippen LogP contribution in [0.3, 0.4) is 0 Å². The summed E-state index contributed by atoms with van der Waals surface area (Å²) < 4.78 is 75.4. The molecule has 0 bridgehead atoms. The van der Waals surface area contributed by atoms with E-state index in [1.165, 1.54) is 18.2 Å². The summed E-state index contributed by atoms with van der Waals surface area (Å²) in [6, 6.07) is 6.53. The van der Waals surface area contributed by atoms with E-state index in [-0.39, 0.29) is 5.56 Å². The summed E-state index contributed by atoms with van der Waals surface area (Å²) >= 11 is 0. The van der Waals surface area contributed by atoms with Crippen LogP contribution in [0.4, 0.5) is 26.3 Å². The van der Waals surface area contributed by atoms with E-state index in [2.05, 4.69) is 0 Å². The summed E-state index contributed by atoms with van der Waals surface area (Å²) in [5.74, 6) is -7.70. The lowest BCUT2D eigenvalue weighted by atomic mass is 10.1. The summed E-state index contributed by atoms with van der Waals surface area (Å²) in [5.41, 5.74) is -0.363. The Bertz CT molecular complexity index is 365. The van der Waals surface area contributed by atoms with Crippen molar-refractivity contribution in [2.24, 2.45) is 0 Å². The molecular formula is C11H11F6N. The van der Waals surface area contributed by atoms with Gasteiger partial charge in [-0.2, -0.15) is 17.6 Å². The van der Waals surface area contributed by atoms with E-state index < -0.39 is 31.4 Å². The minimum Gasteiger partial charge on any atom is -0.305 e. The molecule has 1 aromatic carbocycles. The molecule has 0 aliphatic carbocycles. The summed E-state index contributed by atoms with van der Waals surface area (Å²) in [5, 5.41) is 1.67. The first kappa shape index (κ1) is 14.8. The molecule has 18 heavy (non-hydrogen) atoms. The predicted octanol–water partition coefficient (Wildman–Crippen LogP) is 3.27. The highest BCUT2D eigenvalue weighted by Gasteiger charge is 2.41. The molecule has 1 N–H and O–H groups in total. The minimum atomic E-state index is -4.31. The smallest absolute Gasteiger partial charge is 0.305 e. The molecule has 0 spiro atoms. The first-order valence-corrected chi connectivity index (χ1v) is 5.06. The van der Waals surface area contributed by atoms with Crippen LogP contribution in [0.1, 0.15) is 5.56 Å². The molecule has 0 aliphatic heterocycles. The molecule has 0 unspecified atom stereocenters. The average molecular weight is 271 g/mol. The first-order chi connectivity index (χ1) is 8.26. The summed E-state index contributed by atoms with van der Waals surface area (Å²) in [6.07, 6.45) is -3.88. The van der Waals surface area contributed by atoms with Crippen LogP contribution in [-0.2, 0) is 5.92 Å². The van der Waals surface area contributed by atoms with Crippen LogP contribution in [-0.4, -0.2) is 25.4 Å². The normalized spacial score (nSPS) is 13.1. The van der Waals surface area contributed by atoms with Crippen molar-refractivity contribution in [3.8, 4) is 0 Å². The van der Waals surface area contributed by atoms with Crippen LogP contribution in [0.15, 0.2) is 30.3 Å². The molecule has 0 fully saturated rings. The molecule has 0 radical (unpaired) electrons. The van der Waals surface area contributed by atoms with Crippen molar-refractivity contribution in [3.05, 3.63) is 35.9 Å². The van der Waals surface area contributed by atoms with Gasteiger partial charge >= 0.3 is 12.3 Å². The highest BCUT2D eigenvalue weighted by Crippen LogP contribution is 2.27. The Morgan fingerprint density at radius 1 is 0.944 bits per heavy atom. The van der Waals surface area contributed by atoms with Gasteiger partial charge in [0.15, 0.2) is 0 Å². The third-order valence-corrected chi connectivity index (χ3v) is 2.22. The number of hydrogen-bond acceptors (Lipinski definition) is 1. The fourth-order valence-corrected chi connectivity index (χ4v) is 1.25. The Morgan fingerprint density at radius 2 is 1.50 bits per heavy atom. The van der Waals surface area contributed by atoms with Crippen molar-refractivity contribution >= 4 is 0 Å². The van der Waals surface area contributed by atoms with Gasteiger partial charge in [0, 0.05) is 5.56 Å². The second-order valence-electron chi connectivity index (χ2n) is 3.74. The number of alkyl halides is 6. The summed E-state index contributed by atoms with van der Waals surface area (Å²) in [4.78, 5) is 0. The van der Waals surface area contributed by atoms with Crippen molar-refractivity contribution in [1.29, 1.82) is 0 Å². The maximum Gasteiger partial charge on any atom is 0.319 e. The van der Waals surface area contributed by atoms with Gasteiger partial charge in [-0.15, -0.1) is 0 Å². The van der Waals surface area contributed by atoms with E-state index in [1.807, 2.05) is 0 Å². The van der Waals surface area contributed by atoms with Gasteiger partial charge in [0.25, 0.3) is 5.92 Å². The zero-order valence-corrected chi connectivity index (χ0v) is 9.15. The topological polar surface area (TPSA) is 12.0 Å². The highest BCUT2D eigenvalue weighted by molar-refractivity contribution is 5.20. The van der Waals surface area contributed by atoms with Crippen LogP contribution < -0.4 is 5.32 Å². The maximum absolute atomic E-state index is 13.4. The number of rotatable bonds is 6. The van der Waals surface area contributed by atoms with E-state index in [0.29, 0.717) is 0 Å². The third kappa shape index (κ3) is 3.90. The lowest BCUT2D eigenvalue weighted by Gasteiger charge is -2.20. The van der Waals surface area contributed by atoms with Gasteiger partial charge in [-0.3, -0.25) is 0 Å². The molecule has 0 heterocycles. The van der Waals surface area contributed by atoms with Gasteiger partial charge in [0.1, 0.15) is 0 Å². The van der Waals surface area contributed by atoms with E-state index in [9.17, 15) is 26.3 Å². The predicted molar refractivity (Wildman–Crippen MR) is 54.2 cm³/mol. The van der Waals surface area contributed by atoms with E-state index in [4.69, 9.17) is 0 Å². The Kier molecular flexibility index (Phi) is 4.61. The average Bonchev–Trinajstić information content (AvgIpc) is 2.29. The van der Waals surface area contributed by atoms with Crippen molar-refractivity contribution in [2.45, 2.75) is 18.3 Å². The van der Waals surface area contributed by atoms with Gasteiger partial charge in [-0.05, 0) is 0 Å². The molecule has 1 aromatic rings. The maximum atomic E-state index is 13.4. The summed E-state index contributed by atoms with van der Waals surface area (Å²) in [6.45, 7) is -2.62. The Balaban J connectivity index is 2.53. The van der Waals surface area contributed by atoms with E-state index >= 15 is 0 Å². The second-order valence-corrected chi connectivity index (χ2v) is 3.74. The van der Waals surface area contributed by atoms with Crippen molar-refractivity contribution in [2.75, 3.05) is 13.1 Å². The number of nitrogens with one attached hydrogen (secondary N) is 1. The molecule has 0 aliphatic rings. The molecule has 0 saturated carbocycles. The van der Waals surface area contributed by atoms with Gasteiger partial charge in [0.05, 0.1) is 13.1 Å². The van der Waals surface area contributed by atoms with Crippen molar-refractivity contribution in [3.63, 3.8) is 0 Å². The number of benzene rings is 1. The molecule has 102 valence electrons. The third-order valence-electron chi connectivity index (χ3n) is 2.22.